The maximum Gasteiger partial charge on any atom is 0.0991 e. The molecule has 0 aromatic carbocycles. The first-order chi connectivity index (χ1) is 13.4. The Morgan fingerprint density at radius 3 is 1.19 bits per heavy atom. The summed E-state index contributed by atoms with van der Waals surface area (Å²) < 4.78 is 34.4. The fourth-order valence-electron chi connectivity index (χ4n) is 2.89. The van der Waals surface area contributed by atoms with Gasteiger partial charge in [-0.25, -0.2) is 0 Å². The normalized spacial score (nSPS) is 30.2. The minimum absolute atomic E-state index is 0.607. The summed E-state index contributed by atoms with van der Waals surface area (Å²) in [6.45, 7) is 12.5. The van der Waals surface area contributed by atoms with Crippen LogP contribution in [0.3, 0.4) is 0 Å². The van der Waals surface area contributed by atoms with Gasteiger partial charge < -0.3 is 28.4 Å². The number of hydrogen-bond donors (Lipinski definition) is 0. The summed E-state index contributed by atoms with van der Waals surface area (Å²) in [5.74, 6) is 0. The fraction of sp³-hybridized carbons (Fsp3) is 1.00. The van der Waals surface area contributed by atoms with Crippen molar-refractivity contribution >= 4 is 0 Å². The van der Waals surface area contributed by atoms with Crippen LogP contribution in [0, 0.1) is 0 Å². The third-order valence-corrected chi connectivity index (χ3v) is 4.60. The Morgan fingerprint density at radius 1 is 0.333 bits per heavy atom. The average Bonchev–Trinajstić information content (AvgIpc) is 2.68. The van der Waals surface area contributed by atoms with E-state index in [1.807, 2.05) is 0 Å². The molecule has 27 heavy (non-hydrogen) atoms. The highest BCUT2D eigenvalue weighted by atomic mass is 16.5. The highest BCUT2D eigenvalue weighted by Crippen LogP contribution is 1.98. The van der Waals surface area contributed by atoms with Crippen LogP contribution in [0.25, 0.3) is 0 Å². The molecule has 3 fully saturated rings. The van der Waals surface area contributed by atoms with Gasteiger partial charge in [0.25, 0.3) is 0 Å². The predicted molar refractivity (Wildman–Crippen MR) is 102 cm³/mol. The van der Waals surface area contributed by atoms with Crippen molar-refractivity contribution < 1.29 is 28.4 Å². The quantitative estimate of drug-likeness (QED) is 0.591. The molecular weight excluding hydrogens is 352 g/mol. The molecule has 8 heteroatoms. The lowest BCUT2D eigenvalue weighted by Gasteiger charge is -2.23. The van der Waals surface area contributed by atoms with E-state index < -0.39 is 0 Å². The van der Waals surface area contributed by atoms with E-state index in [-0.39, 0.29) is 0 Å². The predicted octanol–water partition coefficient (Wildman–Crippen LogP) is 0.455. The molecule has 0 aromatic heterocycles. The maximum absolute atomic E-state index is 5.82. The van der Waals surface area contributed by atoms with Gasteiger partial charge in [-0.1, -0.05) is 0 Å². The molecule has 0 unspecified atom stereocenters. The summed E-state index contributed by atoms with van der Waals surface area (Å²) in [5.41, 5.74) is 0. The second-order valence-corrected chi connectivity index (χ2v) is 6.77. The lowest BCUT2D eigenvalue weighted by Crippen LogP contribution is -2.35. The van der Waals surface area contributed by atoms with Crippen LogP contribution in [-0.4, -0.2) is 122 Å². The molecule has 2 bridgehead atoms. The molecule has 0 atom stereocenters. The van der Waals surface area contributed by atoms with Gasteiger partial charge in [-0.15, -0.1) is 0 Å². The van der Waals surface area contributed by atoms with Gasteiger partial charge in [0.15, 0.2) is 0 Å². The third kappa shape index (κ3) is 12.7. The zero-order valence-corrected chi connectivity index (χ0v) is 16.8. The zero-order valence-electron chi connectivity index (χ0n) is 16.8. The molecule has 3 aliphatic rings. The standard InChI is InChI=1S/C19H38N2O6/c1-2-9-27-19-21-6-13-25-17-15-23-11-4-20(3-10-22-8-1)5-12-24-16-18-26-14-7-21/h1-19H2. The molecule has 0 N–H and O–H groups in total. The van der Waals surface area contributed by atoms with Gasteiger partial charge in [-0.3, -0.25) is 9.80 Å². The maximum atomic E-state index is 5.82. The Labute approximate surface area is 163 Å². The largest absolute Gasteiger partial charge is 0.380 e. The van der Waals surface area contributed by atoms with Crippen molar-refractivity contribution in [2.75, 3.05) is 112 Å². The topological polar surface area (TPSA) is 61.9 Å². The van der Waals surface area contributed by atoms with E-state index in [2.05, 4.69) is 9.80 Å². The Morgan fingerprint density at radius 2 is 0.704 bits per heavy atom. The second kappa shape index (κ2) is 16.6. The second-order valence-electron chi connectivity index (χ2n) is 6.77. The van der Waals surface area contributed by atoms with E-state index >= 15 is 0 Å². The number of hydrogen-bond acceptors (Lipinski definition) is 8. The van der Waals surface area contributed by atoms with Gasteiger partial charge in [0.1, 0.15) is 0 Å². The molecule has 0 amide bonds. The minimum Gasteiger partial charge on any atom is -0.380 e. The smallest absolute Gasteiger partial charge is 0.0991 e. The molecule has 3 saturated heterocycles. The van der Waals surface area contributed by atoms with Crippen molar-refractivity contribution in [1.82, 2.24) is 9.80 Å². The van der Waals surface area contributed by atoms with Gasteiger partial charge in [0, 0.05) is 45.9 Å². The van der Waals surface area contributed by atoms with Crippen LogP contribution in [0.5, 0.6) is 0 Å². The van der Waals surface area contributed by atoms with Gasteiger partial charge in [0.2, 0.25) is 0 Å². The van der Waals surface area contributed by atoms with Crippen LogP contribution in [0.2, 0.25) is 0 Å². The van der Waals surface area contributed by atoms with Crippen molar-refractivity contribution in [1.29, 1.82) is 0 Å². The fourth-order valence-corrected chi connectivity index (χ4v) is 2.89. The zero-order chi connectivity index (χ0) is 18.8. The Balaban J connectivity index is 1.87. The lowest BCUT2D eigenvalue weighted by atomic mass is 10.3. The average molecular weight is 391 g/mol. The van der Waals surface area contributed by atoms with Crippen LogP contribution in [0.15, 0.2) is 0 Å². The summed E-state index contributed by atoms with van der Waals surface area (Å²) >= 11 is 0. The van der Waals surface area contributed by atoms with E-state index in [0.29, 0.717) is 59.6 Å². The van der Waals surface area contributed by atoms with E-state index in [4.69, 9.17) is 28.4 Å². The van der Waals surface area contributed by atoms with Crippen LogP contribution in [0.1, 0.15) is 12.8 Å². The van der Waals surface area contributed by atoms with Gasteiger partial charge >= 0.3 is 0 Å². The summed E-state index contributed by atoms with van der Waals surface area (Å²) in [6, 6.07) is 0. The lowest BCUT2D eigenvalue weighted by molar-refractivity contribution is -0.0220. The minimum atomic E-state index is 0.607. The summed E-state index contributed by atoms with van der Waals surface area (Å²) in [7, 11) is 0. The van der Waals surface area contributed by atoms with Crippen LogP contribution in [-0.2, 0) is 28.4 Å². The number of rotatable bonds is 0. The molecule has 0 radical (unpaired) electrons. The number of nitrogens with zero attached hydrogens (tertiary/aromatic N) is 2. The summed E-state index contributed by atoms with van der Waals surface area (Å²) in [6.07, 6.45) is 2.05. The van der Waals surface area contributed by atoms with Crippen molar-refractivity contribution in [3.63, 3.8) is 0 Å². The summed E-state index contributed by atoms with van der Waals surface area (Å²) in [4.78, 5) is 4.56. The Hall–Kier alpha value is -0.320. The highest BCUT2D eigenvalue weighted by molar-refractivity contribution is 4.58. The van der Waals surface area contributed by atoms with Crippen LogP contribution in [0.4, 0.5) is 0 Å². The van der Waals surface area contributed by atoms with Crippen LogP contribution < -0.4 is 0 Å². The molecule has 0 aliphatic carbocycles. The van der Waals surface area contributed by atoms with Crippen molar-refractivity contribution in [3.8, 4) is 0 Å². The van der Waals surface area contributed by atoms with E-state index in [9.17, 15) is 0 Å². The molecule has 0 aromatic rings. The highest BCUT2D eigenvalue weighted by Gasteiger charge is 2.08. The molecule has 3 heterocycles. The Kier molecular flexibility index (Phi) is 14.1. The van der Waals surface area contributed by atoms with Crippen molar-refractivity contribution in [3.05, 3.63) is 0 Å². The summed E-state index contributed by atoms with van der Waals surface area (Å²) in [5, 5.41) is 0. The molecule has 0 saturated carbocycles. The Bertz CT molecular complexity index is 282. The van der Waals surface area contributed by atoms with E-state index in [1.54, 1.807) is 0 Å². The number of ether oxygens (including phenoxy) is 6. The van der Waals surface area contributed by atoms with Crippen molar-refractivity contribution in [2.45, 2.75) is 12.8 Å². The van der Waals surface area contributed by atoms with Gasteiger partial charge in [-0.2, -0.15) is 0 Å². The number of fused-ring (bicyclic) bond motifs is 22. The molecule has 8 nitrogen and oxygen atoms in total. The first-order valence-corrected chi connectivity index (χ1v) is 10.4. The monoisotopic (exact) mass is 390 g/mol. The van der Waals surface area contributed by atoms with E-state index in [0.717, 1.165) is 65.4 Å². The first kappa shape index (κ1) is 23.0. The molecule has 3 rings (SSSR count). The molecular formula is C19H38N2O6. The van der Waals surface area contributed by atoms with Gasteiger partial charge in [-0.05, 0) is 12.8 Å². The molecule has 3 aliphatic heterocycles. The molecule has 0 spiro atoms. The van der Waals surface area contributed by atoms with E-state index in [1.165, 1.54) is 0 Å². The van der Waals surface area contributed by atoms with Crippen molar-refractivity contribution in [2.24, 2.45) is 0 Å². The SMILES string of the molecule is C1CCOCN2CCOCCOCCN(CCOC1)CCOCCOCC2. The van der Waals surface area contributed by atoms with Crippen LogP contribution >= 0.6 is 0 Å². The van der Waals surface area contributed by atoms with Gasteiger partial charge in [0.05, 0.1) is 66.2 Å². The molecule has 160 valence electrons. The third-order valence-electron chi connectivity index (χ3n) is 4.60. The first-order valence-electron chi connectivity index (χ1n) is 10.4.